The first kappa shape index (κ1) is 11.2. The van der Waals surface area contributed by atoms with Crippen LogP contribution in [0, 0.1) is 0 Å². The number of hydrazine groups is 1. The van der Waals surface area contributed by atoms with Gasteiger partial charge in [-0.3, -0.25) is 10.6 Å². The molecule has 2 aromatic rings. The normalized spacial score (nSPS) is 9.71. The van der Waals surface area contributed by atoms with Gasteiger partial charge in [0.25, 0.3) is 5.91 Å². The van der Waals surface area contributed by atoms with Crippen molar-refractivity contribution in [3.05, 3.63) is 60.2 Å². The second-order valence-corrected chi connectivity index (χ2v) is 3.51. The smallest absolute Gasteiger partial charge is 0.257 e. The van der Waals surface area contributed by atoms with Crippen LogP contribution in [0.4, 0.5) is 11.4 Å². The molecule has 4 N–H and O–H groups in total. The fraction of sp³-hybridized carbons (Fsp3) is 0. The molecular formula is C13H13N3O. The van der Waals surface area contributed by atoms with Crippen LogP contribution in [0.3, 0.4) is 0 Å². The number of anilines is 2. The largest absolute Gasteiger partial charge is 0.323 e. The van der Waals surface area contributed by atoms with Crippen molar-refractivity contribution in [3.63, 3.8) is 0 Å². The molecule has 4 nitrogen and oxygen atoms in total. The number of nitrogens with one attached hydrogen (secondary N) is 2. The molecule has 0 heterocycles. The Morgan fingerprint density at radius 3 is 2.29 bits per heavy atom. The van der Waals surface area contributed by atoms with E-state index in [0.29, 0.717) is 11.3 Å². The van der Waals surface area contributed by atoms with Crippen LogP contribution in [0.5, 0.6) is 0 Å². The van der Waals surface area contributed by atoms with Crippen LogP contribution in [0.1, 0.15) is 10.4 Å². The molecule has 2 aromatic carbocycles. The Hall–Kier alpha value is -2.33. The molecule has 0 unspecified atom stereocenters. The number of carbonyl (C=O) groups is 1. The summed E-state index contributed by atoms with van der Waals surface area (Å²) in [5.41, 5.74) is 4.37. The zero-order valence-electron chi connectivity index (χ0n) is 9.18. The van der Waals surface area contributed by atoms with Crippen LogP contribution < -0.4 is 16.6 Å². The minimum atomic E-state index is -0.190. The van der Waals surface area contributed by atoms with Gasteiger partial charge in [-0.25, -0.2) is 0 Å². The van der Waals surface area contributed by atoms with Crippen molar-refractivity contribution in [2.75, 3.05) is 10.7 Å². The van der Waals surface area contributed by atoms with E-state index in [0.717, 1.165) is 5.69 Å². The summed E-state index contributed by atoms with van der Waals surface area (Å²) in [6.45, 7) is 0. The fourth-order valence-corrected chi connectivity index (χ4v) is 1.53. The Bertz CT molecular complexity index is 511. The third kappa shape index (κ3) is 2.62. The van der Waals surface area contributed by atoms with E-state index in [1.807, 2.05) is 36.4 Å². The summed E-state index contributed by atoms with van der Waals surface area (Å²) in [5.74, 6) is 5.16. The first-order chi connectivity index (χ1) is 8.31. The number of nitrogen functional groups attached to an aromatic ring is 1. The van der Waals surface area contributed by atoms with Crippen molar-refractivity contribution < 1.29 is 4.79 Å². The van der Waals surface area contributed by atoms with Gasteiger partial charge >= 0.3 is 0 Å². The first-order valence-corrected chi connectivity index (χ1v) is 5.23. The van der Waals surface area contributed by atoms with Gasteiger partial charge in [0.2, 0.25) is 0 Å². The number of nitrogens with two attached hydrogens (primary N) is 1. The zero-order valence-corrected chi connectivity index (χ0v) is 9.18. The van der Waals surface area contributed by atoms with Gasteiger partial charge in [0, 0.05) is 5.69 Å². The third-order valence-corrected chi connectivity index (χ3v) is 2.36. The molecule has 17 heavy (non-hydrogen) atoms. The molecule has 0 aliphatic carbocycles. The number of amides is 1. The summed E-state index contributed by atoms with van der Waals surface area (Å²) < 4.78 is 0. The van der Waals surface area contributed by atoms with E-state index in [1.165, 1.54) is 0 Å². The summed E-state index contributed by atoms with van der Waals surface area (Å²) >= 11 is 0. The van der Waals surface area contributed by atoms with E-state index in [9.17, 15) is 4.79 Å². The highest BCUT2D eigenvalue weighted by Gasteiger charge is 2.09. The third-order valence-electron chi connectivity index (χ3n) is 2.36. The van der Waals surface area contributed by atoms with Crippen LogP contribution in [-0.2, 0) is 0 Å². The van der Waals surface area contributed by atoms with E-state index < -0.39 is 0 Å². The van der Waals surface area contributed by atoms with Gasteiger partial charge in [-0.1, -0.05) is 30.3 Å². The second kappa shape index (κ2) is 5.14. The summed E-state index contributed by atoms with van der Waals surface area (Å²) in [7, 11) is 0. The SMILES string of the molecule is NNc1ccccc1C(=O)Nc1ccccc1. The zero-order chi connectivity index (χ0) is 12.1. The van der Waals surface area contributed by atoms with Gasteiger partial charge in [-0.05, 0) is 24.3 Å². The molecular weight excluding hydrogens is 214 g/mol. The van der Waals surface area contributed by atoms with Gasteiger partial charge in [-0.15, -0.1) is 0 Å². The number of carbonyl (C=O) groups excluding carboxylic acids is 1. The lowest BCUT2D eigenvalue weighted by atomic mass is 10.1. The highest BCUT2D eigenvalue weighted by atomic mass is 16.1. The quantitative estimate of drug-likeness (QED) is 0.556. The Morgan fingerprint density at radius 1 is 0.941 bits per heavy atom. The molecule has 0 saturated carbocycles. The molecule has 0 spiro atoms. The van der Waals surface area contributed by atoms with Gasteiger partial charge in [0.05, 0.1) is 11.3 Å². The maximum atomic E-state index is 12.0. The van der Waals surface area contributed by atoms with E-state index in [1.54, 1.807) is 18.2 Å². The van der Waals surface area contributed by atoms with Crippen LogP contribution >= 0.6 is 0 Å². The molecule has 4 heteroatoms. The average molecular weight is 227 g/mol. The van der Waals surface area contributed by atoms with E-state index in [4.69, 9.17) is 5.84 Å². The molecule has 0 atom stereocenters. The van der Waals surface area contributed by atoms with Crippen molar-refractivity contribution in [3.8, 4) is 0 Å². The van der Waals surface area contributed by atoms with Crippen molar-refractivity contribution in [1.29, 1.82) is 0 Å². The Labute approximate surface area is 99.4 Å². The maximum Gasteiger partial charge on any atom is 0.257 e. The molecule has 0 saturated heterocycles. The Balaban J connectivity index is 2.20. The summed E-state index contributed by atoms with van der Waals surface area (Å²) in [6.07, 6.45) is 0. The van der Waals surface area contributed by atoms with Crippen LogP contribution in [0.15, 0.2) is 54.6 Å². The highest BCUT2D eigenvalue weighted by molar-refractivity contribution is 6.07. The van der Waals surface area contributed by atoms with Crippen molar-refractivity contribution in [2.24, 2.45) is 5.84 Å². The van der Waals surface area contributed by atoms with E-state index in [-0.39, 0.29) is 5.91 Å². The molecule has 0 bridgehead atoms. The summed E-state index contributed by atoms with van der Waals surface area (Å²) in [4.78, 5) is 12.0. The predicted molar refractivity (Wildman–Crippen MR) is 68.6 cm³/mol. The summed E-state index contributed by atoms with van der Waals surface area (Å²) in [6, 6.07) is 16.4. The van der Waals surface area contributed by atoms with Gasteiger partial charge in [-0.2, -0.15) is 0 Å². The minimum Gasteiger partial charge on any atom is -0.323 e. The minimum absolute atomic E-state index is 0.190. The lowest BCUT2D eigenvalue weighted by Crippen LogP contribution is -2.17. The number of benzene rings is 2. The standard InChI is InChI=1S/C13H13N3O/c14-16-12-9-5-4-8-11(12)13(17)15-10-6-2-1-3-7-10/h1-9,16H,14H2,(H,15,17). The van der Waals surface area contributed by atoms with Crippen LogP contribution in [-0.4, -0.2) is 5.91 Å². The topological polar surface area (TPSA) is 67.1 Å². The van der Waals surface area contributed by atoms with E-state index in [2.05, 4.69) is 10.7 Å². The Kier molecular flexibility index (Phi) is 3.37. The summed E-state index contributed by atoms with van der Waals surface area (Å²) in [5, 5.41) is 2.80. The van der Waals surface area contributed by atoms with Crippen LogP contribution in [0.2, 0.25) is 0 Å². The van der Waals surface area contributed by atoms with Crippen LogP contribution in [0.25, 0.3) is 0 Å². The second-order valence-electron chi connectivity index (χ2n) is 3.51. The van der Waals surface area contributed by atoms with Gasteiger partial charge < -0.3 is 10.7 Å². The predicted octanol–water partition coefficient (Wildman–Crippen LogP) is 2.22. The lowest BCUT2D eigenvalue weighted by molar-refractivity contribution is 0.102. The van der Waals surface area contributed by atoms with E-state index >= 15 is 0 Å². The number of rotatable bonds is 3. The first-order valence-electron chi connectivity index (χ1n) is 5.23. The molecule has 0 fully saturated rings. The monoisotopic (exact) mass is 227 g/mol. The van der Waals surface area contributed by atoms with Gasteiger partial charge in [0.15, 0.2) is 0 Å². The molecule has 1 amide bonds. The molecule has 0 radical (unpaired) electrons. The maximum absolute atomic E-state index is 12.0. The molecule has 0 aliphatic heterocycles. The Morgan fingerprint density at radius 2 is 1.59 bits per heavy atom. The molecule has 0 aromatic heterocycles. The fourth-order valence-electron chi connectivity index (χ4n) is 1.53. The van der Waals surface area contributed by atoms with Crippen molar-refractivity contribution in [2.45, 2.75) is 0 Å². The average Bonchev–Trinajstić information content (AvgIpc) is 2.40. The van der Waals surface area contributed by atoms with Crippen molar-refractivity contribution >= 4 is 17.3 Å². The molecule has 0 aliphatic rings. The molecule has 2 rings (SSSR count). The number of hydrogen-bond donors (Lipinski definition) is 3. The number of hydrogen-bond acceptors (Lipinski definition) is 3. The van der Waals surface area contributed by atoms with Crippen molar-refractivity contribution in [1.82, 2.24) is 0 Å². The highest BCUT2D eigenvalue weighted by Crippen LogP contribution is 2.15. The lowest BCUT2D eigenvalue weighted by Gasteiger charge is -2.09. The number of para-hydroxylation sites is 2. The molecule has 86 valence electrons. The van der Waals surface area contributed by atoms with Gasteiger partial charge in [0.1, 0.15) is 0 Å².